The number of hydrogen-bond donors (Lipinski definition) is 1. The summed E-state index contributed by atoms with van der Waals surface area (Å²) in [7, 11) is 1.17. The first-order valence-corrected chi connectivity index (χ1v) is 6.44. The summed E-state index contributed by atoms with van der Waals surface area (Å²) in [6.07, 6.45) is 0. The van der Waals surface area contributed by atoms with Crippen molar-refractivity contribution in [3.05, 3.63) is 33.4 Å². The lowest BCUT2D eigenvalue weighted by Crippen LogP contribution is -2.21. The van der Waals surface area contributed by atoms with Crippen molar-refractivity contribution in [3.8, 4) is 5.75 Å². The fourth-order valence-electron chi connectivity index (χ4n) is 1.68. The minimum atomic E-state index is -1.36. The van der Waals surface area contributed by atoms with E-state index >= 15 is 0 Å². The molecular weight excluding hydrogens is 310 g/mol. The zero-order chi connectivity index (χ0) is 17.7. The van der Waals surface area contributed by atoms with Crippen LogP contribution in [0.1, 0.15) is 29.8 Å². The Hall–Kier alpha value is -2.97. The van der Waals surface area contributed by atoms with Crippen LogP contribution in [0.3, 0.4) is 0 Å². The van der Waals surface area contributed by atoms with E-state index in [9.17, 15) is 24.5 Å². The van der Waals surface area contributed by atoms with Crippen LogP contribution in [0, 0.1) is 16.0 Å². The van der Waals surface area contributed by atoms with Crippen LogP contribution in [0.4, 0.5) is 5.69 Å². The molecule has 1 rings (SSSR count). The van der Waals surface area contributed by atoms with E-state index in [1.54, 1.807) is 0 Å². The van der Waals surface area contributed by atoms with E-state index in [0.717, 1.165) is 12.1 Å². The van der Waals surface area contributed by atoms with Gasteiger partial charge in [-0.15, -0.1) is 0 Å². The normalized spacial score (nSPS) is 11.4. The third kappa shape index (κ3) is 4.25. The first-order valence-electron chi connectivity index (χ1n) is 6.44. The molecule has 0 saturated carbocycles. The maximum absolute atomic E-state index is 11.6. The van der Waals surface area contributed by atoms with Gasteiger partial charge >= 0.3 is 17.6 Å². The van der Waals surface area contributed by atoms with Gasteiger partial charge in [0.25, 0.3) is 0 Å². The minimum absolute atomic E-state index is 0.0749. The van der Waals surface area contributed by atoms with Gasteiger partial charge in [-0.3, -0.25) is 19.7 Å². The Labute approximate surface area is 131 Å². The number of benzene rings is 1. The standard InChI is InChI=1S/C14H15NO8/c1-7(8(2)16)14(19)23-6-9-4-11(15(20)21)12(22-3)5-10(9)13(17)18/h4-5,7H,6H2,1-3H3,(H,17,18). The van der Waals surface area contributed by atoms with E-state index in [0.29, 0.717) is 0 Å². The highest BCUT2D eigenvalue weighted by Gasteiger charge is 2.24. The molecule has 0 aliphatic heterocycles. The number of carbonyl (C=O) groups is 3. The van der Waals surface area contributed by atoms with E-state index in [1.807, 2.05) is 0 Å². The number of carbonyl (C=O) groups excluding carboxylic acids is 2. The van der Waals surface area contributed by atoms with Crippen LogP contribution in [0.2, 0.25) is 0 Å². The molecule has 23 heavy (non-hydrogen) atoms. The van der Waals surface area contributed by atoms with Crippen LogP contribution in [0.25, 0.3) is 0 Å². The summed E-state index contributed by atoms with van der Waals surface area (Å²) >= 11 is 0. The summed E-state index contributed by atoms with van der Waals surface area (Å²) in [6, 6.07) is 1.95. The number of rotatable bonds is 7. The van der Waals surface area contributed by atoms with Crippen molar-refractivity contribution < 1.29 is 33.9 Å². The molecule has 0 bridgehead atoms. The van der Waals surface area contributed by atoms with Crippen molar-refractivity contribution >= 4 is 23.4 Å². The van der Waals surface area contributed by atoms with E-state index in [4.69, 9.17) is 14.6 Å². The number of ether oxygens (including phenoxy) is 2. The zero-order valence-electron chi connectivity index (χ0n) is 12.7. The van der Waals surface area contributed by atoms with E-state index < -0.39 is 40.9 Å². The Kier molecular flexibility index (Phi) is 5.77. The molecule has 1 atom stereocenters. The number of esters is 1. The van der Waals surface area contributed by atoms with E-state index in [2.05, 4.69) is 0 Å². The Morgan fingerprint density at radius 3 is 2.39 bits per heavy atom. The maximum Gasteiger partial charge on any atom is 0.336 e. The molecule has 1 N–H and O–H groups in total. The van der Waals surface area contributed by atoms with Gasteiger partial charge < -0.3 is 14.6 Å². The zero-order valence-corrected chi connectivity index (χ0v) is 12.7. The molecular formula is C14H15NO8. The molecule has 0 radical (unpaired) electrons. The predicted molar refractivity (Wildman–Crippen MR) is 76.2 cm³/mol. The highest BCUT2D eigenvalue weighted by molar-refractivity contribution is 5.97. The molecule has 0 heterocycles. The largest absolute Gasteiger partial charge is 0.490 e. The van der Waals surface area contributed by atoms with Crippen molar-refractivity contribution in [2.24, 2.45) is 5.92 Å². The average molecular weight is 325 g/mol. The van der Waals surface area contributed by atoms with Crippen LogP contribution in [-0.2, 0) is 20.9 Å². The van der Waals surface area contributed by atoms with Crippen molar-refractivity contribution in [2.75, 3.05) is 7.11 Å². The van der Waals surface area contributed by atoms with Gasteiger partial charge in [0.1, 0.15) is 18.3 Å². The van der Waals surface area contributed by atoms with Crippen molar-refractivity contribution in [1.82, 2.24) is 0 Å². The molecule has 0 fully saturated rings. The highest BCUT2D eigenvalue weighted by atomic mass is 16.6. The molecule has 1 aromatic rings. The number of carboxylic acid groups (broad SMARTS) is 1. The summed E-state index contributed by atoms with van der Waals surface area (Å²) in [5.74, 6) is -3.83. The first kappa shape index (κ1) is 18.1. The molecule has 0 amide bonds. The highest BCUT2D eigenvalue weighted by Crippen LogP contribution is 2.31. The number of nitro benzene ring substituents is 1. The molecule has 1 unspecified atom stereocenters. The smallest absolute Gasteiger partial charge is 0.336 e. The van der Waals surface area contributed by atoms with E-state index in [-0.39, 0.29) is 16.9 Å². The van der Waals surface area contributed by atoms with Gasteiger partial charge in [0.2, 0.25) is 0 Å². The van der Waals surface area contributed by atoms with Gasteiger partial charge in [0.05, 0.1) is 17.6 Å². The summed E-state index contributed by atoms with van der Waals surface area (Å²) < 4.78 is 9.65. The molecule has 0 aliphatic rings. The lowest BCUT2D eigenvalue weighted by molar-refractivity contribution is -0.385. The van der Waals surface area contributed by atoms with Crippen molar-refractivity contribution in [1.29, 1.82) is 0 Å². The lowest BCUT2D eigenvalue weighted by atomic mass is 10.1. The average Bonchev–Trinajstić information content (AvgIpc) is 2.50. The van der Waals surface area contributed by atoms with Gasteiger partial charge in [-0.1, -0.05) is 0 Å². The van der Waals surface area contributed by atoms with Gasteiger partial charge in [-0.2, -0.15) is 0 Å². The minimum Gasteiger partial charge on any atom is -0.490 e. The monoisotopic (exact) mass is 325 g/mol. The number of Topliss-reactive ketones (excluding diaryl/α,β-unsaturated/α-hetero) is 1. The Bertz CT molecular complexity index is 667. The van der Waals surface area contributed by atoms with Crippen LogP contribution >= 0.6 is 0 Å². The molecule has 0 saturated heterocycles. The molecule has 0 spiro atoms. The Morgan fingerprint density at radius 2 is 1.96 bits per heavy atom. The molecule has 1 aromatic carbocycles. The predicted octanol–water partition coefficient (Wildman–Crippen LogP) is 1.57. The van der Waals surface area contributed by atoms with Crippen molar-refractivity contribution in [3.63, 3.8) is 0 Å². The number of ketones is 1. The number of methoxy groups -OCH3 is 1. The lowest BCUT2D eigenvalue weighted by Gasteiger charge is -2.11. The third-order valence-corrected chi connectivity index (χ3v) is 3.17. The van der Waals surface area contributed by atoms with Gasteiger partial charge in [-0.05, 0) is 13.8 Å². The number of nitrogens with zero attached hydrogens (tertiary/aromatic N) is 1. The number of carboxylic acids is 1. The summed E-state index contributed by atoms with van der Waals surface area (Å²) in [5, 5.41) is 20.1. The van der Waals surface area contributed by atoms with Gasteiger partial charge in [0, 0.05) is 17.7 Å². The molecule has 124 valence electrons. The summed E-state index contributed by atoms with van der Waals surface area (Å²) in [6.45, 7) is 2.05. The van der Waals surface area contributed by atoms with Crippen molar-refractivity contribution in [2.45, 2.75) is 20.5 Å². The van der Waals surface area contributed by atoms with Gasteiger partial charge in [-0.25, -0.2) is 4.79 Å². The third-order valence-electron chi connectivity index (χ3n) is 3.17. The topological polar surface area (TPSA) is 133 Å². The number of nitro groups is 1. The molecule has 0 aromatic heterocycles. The first-order chi connectivity index (χ1) is 10.7. The van der Waals surface area contributed by atoms with Crippen LogP contribution in [0.5, 0.6) is 5.75 Å². The van der Waals surface area contributed by atoms with E-state index in [1.165, 1.54) is 21.0 Å². The second-order valence-corrected chi connectivity index (χ2v) is 4.68. The fraction of sp³-hybridized carbons (Fsp3) is 0.357. The molecule has 0 aliphatic carbocycles. The number of hydrogen-bond acceptors (Lipinski definition) is 7. The quantitative estimate of drug-likeness (QED) is 0.345. The maximum atomic E-state index is 11.6. The van der Waals surface area contributed by atoms with Gasteiger partial charge in [0.15, 0.2) is 5.75 Å². The second-order valence-electron chi connectivity index (χ2n) is 4.68. The van der Waals surface area contributed by atoms with Crippen LogP contribution < -0.4 is 4.74 Å². The van der Waals surface area contributed by atoms with Crippen LogP contribution in [-0.4, -0.2) is 34.9 Å². The fourth-order valence-corrected chi connectivity index (χ4v) is 1.68. The SMILES string of the molecule is COc1cc(C(=O)O)c(COC(=O)C(C)C(C)=O)cc1[N+](=O)[O-]. The summed E-state index contributed by atoms with van der Waals surface area (Å²) in [5.41, 5.74) is -0.826. The Balaban J connectivity index is 3.16. The second kappa shape index (κ2) is 7.34. The number of aromatic carboxylic acids is 1. The molecule has 9 heteroatoms. The summed E-state index contributed by atoms with van der Waals surface area (Å²) in [4.78, 5) is 44.2. The van der Waals surface area contributed by atoms with Crippen LogP contribution in [0.15, 0.2) is 12.1 Å². The Morgan fingerprint density at radius 1 is 1.35 bits per heavy atom. The molecule has 9 nitrogen and oxygen atoms in total.